The zero-order valence-electron chi connectivity index (χ0n) is 17.4. The zero-order valence-corrected chi connectivity index (χ0v) is 19.0. The Morgan fingerprint density at radius 3 is 2.45 bits per heavy atom. The van der Waals surface area contributed by atoms with Gasteiger partial charge in [0.2, 0.25) is 10.0 Å². The third-order valence-corrected chi connectivity index (χ3v) is 7.12. The second-order valence-corrected chi connectivity index (χ2v) is 9.47. The highest BCUT2D eigenvalue weighted by Gasteiger charge is 2.29. The van der Waals surface area contributed by atoms with Gasteiger partial charge in [0.1, 0.15) is 29.6 Å². The number of nitrogens with zero attached hydrogens (tertiary/aromatic N) is 1. The van der Waals surface area contributed by atoms with Crippen molar-refractivity contribution in [3.05, 3.63) is 53.1 Å². The minimum Gasteiger partial charge on any atom is -0.495 e. The number of carbonyl (C=O) groups is 1. The van der Waals surface area contributed by atoms with Crippen LogP contribution in [-0.4, -0.2) is 52.1 Å². The monoisotopic (exact) mass is 467 g/mol. The highest BCUT2D eigenvalue weighted by molar-refractivity contribution is 7.89. The Hall–Kier alpha value is -2.29. The number of rotatable bonds is 8. The molecular formula is C22H26ClNO6S. The summed E-state index contributed by atoms with van der Waals surface area (Å²) in [6.45, 7) is 1.06. The minimum atomic E-state index is -3.79. The van der Waals surface area contributed by atoms with Crippen LogP contribution in [0, 0.1) is 0 Å². The number of ether oxygens (including phenoxy) is 3. The lowest BCUT2D eigenvalue weighted by molar-refractivity contribution is 0.0450. The third-order valence-electron chi connectivity index (χ3n) is 4.96. The Morgan fingerprint density at radius 1 is 1.03 bits per heavy atom. The number of sulfonamides is 1. The van der Waals surface area contributed by atoms with Crippen molar-refractivity contribution >= 4 is 27.6 Å². The molecule has 0 spiro atoms. The van der Waals surface area contributed by atoms with Gasteiger partial charge in [0, 0.05) is 18.1 Å². The molecule has 1 heterocycles. The maximum Gasteiger partial charge on any atom is 0.338 e. The van der Waals surface area contributed by atoms with Crippen LogP contribution in [0.3, 0.4) is 0 Å². The van der Waals surface area contributed by atoms with E-state index < -0.39 is 16.0 Å². The van der Waals surface area contributed by atoms with Gasteiger partial charge in [-0.05, 0) is 49.2 Å². The Labute approximate surface area is 187 Å². The molecular weight excluding hydrogens is 442 g/mol. The van der Waals surface area contributed by atoms with Crippen LogP contribution in [0.1, 0.15) is 36.0 Å². The molecule has 9 heteroatoms. The lowest BCUT2D eigenvalue weighted by Gasteiger charge is -2.21. The van der Waals surface area contributed by atoms with Gasteiger partial charge in [0.05, 0.1) is 12.7 Å². The molecule has 0 amide bonds. The Kier molecular flexibility index (Phi) is 8.17. The number of carbonyl (C=O) groups excluding carboxylic acids is 1. The number of methoxy groups -OCH3 is 1. The van der Waals surface area contributed by atoms with Crippen molar-refractivity contribution in [3.63, 3.8) is 0 Å². The van der Waals surface area contributed by atoms with E-state index in [1.807, 2.05) is 0 Å². The lowest BCUT2D eigenvalue weighted by atomic mass is 10.2. The molecule has 1 fully saturated rings. The molecule has 1 aliphatic heterocycles. The van der Waals surface area contributed by atoms with Crippen molar-refractivity contribution in [2.24, 2.45) is 0 Å². The predicted octanol–water partition coefficient (Wildman–Crippen LogP) is 4.15. The summed E-state index contributed by atoms with van der Waals surface area (Å²) in [6.07, 6.45) is 3.64. The molecule has 0 atom stereocenters. The largest absolute Gasteiger partial charge is 0.495 e. The van der Waals surface area contributed by atoms with E-state index >= 15 is 0 Å². The number of halogens is 1. The Morgan fingerprint density at radius 2 is 1.77 bits per heavy atom. The summed E-state index contributed by atoms with van der Waals surface area (Å²) in [5.41, 5.74) is 0.136. The van der Waals surface area contributed by atoms with Gasteiger partial charge in [-0.15, -0.1) is 0 Å². The van der Waals surface area contributed by atoms with E-state index in [9.17, 15) is 13.2 Å². The smallest absolute Gasteiger partial charge is 0.338 e. The highest BCUT2D eigenvalue weighted by Crippen LogP contribution is 2.29. The van der Waals surface area contributed by atoms with E-state index in [0.717, 1.165) is 25.7 Å². The number of hydrogen-bond acceptors (Lipinski definition) is 6. The maximum absolute atomic E-state index is 13.2. The van der Waals surface area contributed by atoms with Gasteiger partial charge in [0.25, 0.3) is 0 Å². The molecule has 168 valence electrons. The van der Waals surface area contributed by atoms with E-state index in [1.165, 1.54) is 29.6 Å². The molecule has 0 bridgehead atoms. The Balaban J connectivity index is 1.68. The number of benzene rings is 2. The van der Waals surface area contributed by atoms with E-state index in [4.69, 9.17) is 25.8 Å². The van der Waals surface area contributed by atoms with Gasteiger partial charge in [-0.1, -0.05) is 30.5 Å². The second kappa shape index (κ2) is 10.8. The van der Waals surface area contributed by atoms with Gasteiger partial charge < -0.3 is 14.2 Å². The normalized spacial score (nSPS) is 15.2. The topological polar surface area (TPSA) is 82.1 Å². The summed E-state index contributed by atoms with van der Waals surface area (Å²) in [7, 11) is -2.38. The van der Waals surface area contributed by atoms with Crippen LogP contribution in [0.15, 0.2) is 47.4 Å². The lowest BCUT2D eigenvalue weighted by Crippen LogP contribution is -2.32. The Bertz CT molecular complexity index is 1000. The molecule has 1 aliphatic rings. The van der Waals surface area contributed by atoms with Gasteiger partial charge in [0.15, 0.2) is 0 Å². The summed E-state index contributed by atoms with van der Waals surface area (Å²) in [4.78, 5) is 12.4. The van der Waals surface area contributed by atoms with Crippen molar-refractivity contribution < 1.29 is 27.4 Å². The molecule has 0 N–H and O–H groups in total. The van der Waals surface area contributed by atoms with Gasteiger partial charge in [-0.2, -0.15) is 4.31 Å². The summed E-state index contributed by atoms with van der Waals surface area (Å²) >= 11 is 5.90. The van der Waals surface area contributed by atoms with Crippen LogP contribution in [-0.2, 0) is 14.8 Å². The fraction of sp³-hybridized carbons (Fsp3) is 0.409. The van der Waals surface area contributed by atoms with Gasteiger partial charge in [-0.3, -0.25) is 0 Å². The molecule has 2 aromatic rings. The molecule has 31 heavy (non-hydrogen) atoms. The molecule has 0 aliphatic carbocycles. The van der Waals surface area contributed by atoms with Gasteiger partial charge in [-0.25, -0.2) is 13.2 Å². The molecule has 3 rings (SSSR count). The number of esters is 1. The first-order valence-electron chi connectivity index (χ1n) is 10.2. The van der Waals surface area contributed by atoms with Crippen LogP contribution in [0.25, 0.3) is 0 Å². The standard InChI is InChI=1S/C22H26ClNO6S/c1-28-20-10-9-17(15-21(20)31(26,27)24-11-4-2-3-5-12-24)22(25)30-14-13-29-19-8-6-7-18(23)16-19/h6-10,15-16H,2-5,11-14H2,1H3. The summed E-state index contributed by atoms with van der Waals surface area (Å²) in [5, 5.41) is 0.547. The summed E-state index contributed by atoms with van der Waals surface area (Å²) in [6, 6.07) is 11.2. The van der Waals surface area contributed by atoms with E-state index in [1.54, 1.807) is 24.3 Å². The van der Waals surface area contributed by atoms with E-state index in [0.29, 0.717) is 23.9 Å². The van der Waals surface area contributed by atoms with Gasteiger partial charge >= 0.3 is 5.97 Å². The fourth-order valence-electron chi connectivity index (χ4n) is 3.36. The first-order valence-corrected chi connectivity index (χ1v) is 12.0. The first kappa shape index (κ1) is 23.4. The number of hydrogen-bond donors (Lipinski definition) is 0. The van der Waals surface area contributed by atoms with E-state index in [2.05, 4.69) is 0 Å². The molecule has 7 nitrogen and oxygen atoms in total. The molecule has 0 unspecified atom stereocenters. The maximum atomic E-state index is 13.2. The first-order chi connectivity index (χ1) is 14.9. The van der Waals surface area contributed by atoms with Crippen molar-refractivity contribution in [2.45, 2.75) is 30.6 Å². The highest BCUT2D eigenvalue weighted by atomic mass is 35.5. The van der Waals surface area contributed by atoms with Crippen molar-refractivity contribution in [2.75, 3.05) is 33.4 Å². The molecule has 0 radical (unpaired) electrons. The SMILES string of the molecule is COc1ccc(C(=O)OCCOc2cccc(Cl)c2)cc1S(=O)(=O)N1CCCCCC1. The zero-order chi connectivity index (χ0) is 22.3. The summed E-state index contributed by atoms with van der Waals surface area (Å²) in [5.74, 6) is 0.133. The molecule has 2 aromatic carbocycles. The minimum absolute atomic E-state index is 0.00554. The third kappa shape index (κ3) is 6.12. The van der Waals surface area contributed by atoms with Crippen molar-refractivity contribution in [1.82, 2.24) is 4.31 Å². The quantitative estimate of drug-likeness (QED) is 0.428. The van der Waals surface area contributed by atoms with Crippen LogP contribution >= 0.6 is 11.6 Å². The second-order valence-electron chi connectivity index (χ2n) is 7.13. The average molecular weight is 468 g/mol. The van der Waals surface area contributed by atoms with Crippen molar-refractivity contribution in [3.8, 4) is 11.5 Å². The average Bonchev–Trinajstić information content (AvgIpc) is 3.06. The predicted molar refractivity (Wildman–Crippen MR) is 117 cm³/mol. The molecule has 0 saturated carbocycles. The van der Waals surface area contributed by atoms with Crippen LogP contribution in [0.5, 0.6) is 11.5 Å². The fourth-order valence-corrected chi connectivity index (χ4v) is 5.24. The van der Waals surface area contributed by atoms with Crippen LogP contribution in [0.2, 0.25) is 5.02 Å². The van der Waals surface area contributed by atoms with E-state index in [-0.39, 0.29) is 29.4 Å². The van der Waals surface area contributed by atoms with Crippen molar-refractivity contribution in [1.29, 1.82) is 0 Å². The molecule has 1 saturated heterocycles. The summed E-state index contributed by atoms with van der Waals surface area (Å²) < 4.78 is 43.9. The van der Waals surface area contributed by atoms with Crippen LogP contribution in [0.4, 0.5) is 0 Å². The molecule has 0 aromatic heterocycles. The van der Waals surface area contributed by atoms with Crippen LogP contribution < -0.4 is 9.47 Å².